The molecule has 2 rings (SSSR count). The highest BCUT2D eigenvalue weighted by Crippen LogP contribution is 2.11. The third-order valence-electron chi connectivity index (χ3n) is 3.40. The van der Waals surface area contributed by atoms with Gasteiger partial charge in [-0.3, -0.25) is 4.79 Å². The molecule has 1 aromatic carbocycles. The number of amides is 3. The number of carbonyl (C=O) groups is 2. The third kappa shape index (κ3) is 3.48. The van der Waals surface area contributed by atoms with Crippen LogP contribution in [0, 0.1) is 0 Å². The van der Waals surface area contributed by atoms with Crippen molar-refractivity contribution in [2.75, 3.05) is 32.0 Å². The molecule has 1 aliphatic heterocycles. The molecule has 1 saturated heterocycles. The Balaban J connectivity index is 1.98. The van der Waals surface area contributed by atoms with Crippen molar-refractivity contribution in [3.8, 4) is 0 Å². The standard InChI is InChI=1S/C14H20N4O2/c1-17-7-2-8-18(10-13(17)19)14(20)16-12-5-3-11(9-15)4-6-12/h3-6H,2,7-10,15H2,1H3,(H,16,20). The van der Waals surface area contributed by atoms with Crippen molar-refractivity contribution in [2.24, 2.45) is 5.73 Å². The molecule has 108 valence electrons. The van der Waals surface area contributed by atoms with Crippen molar-refractivity contribution >= 4 is 17.6 Å². The number of anilines is 1. The zero-order valence-corrected chi connectivity index (χ0v) is 11.6. The predicted molar refractivity (Wildman–Crippen MR) is 77.2 cm³/mol. The molecule has 0 atom stereocenters. The highest BCUT2D eigenvalue weighted by atomic mass is 16.2. The zero-order chi connectivity index (χ0) is 14.5. The van der Waals surface area contributed by atoms with Crippen LogP contribution in [-0.2, 0) is 11.3 Å². The molecule has 0 radical (unpaired) electrons. The van der Waals surface area contributed by atoms with Crippen LogP contribution in [0.2, 0.25) is 0 Å². The van der Waals surface area contributed by atoms with Gasteiger partial charge in [0.2, 0.25) is 5.91 Å². The molecule has 0 bridgehead atoms. The van der Waals surface area contributed by atoms with E-state index in [1.54, 1.807) is 16.8 Å². The maximum atomic E-state index is 12.1. The minimum absolute atomic E-state index is 0.0314. The van der Waals surface area contributed by atoms with Crippen LogP contribution in [0.3, 0.4) is 0 Å². The van der Waals surface area contributed by atoms with E-state index in [2.05, 4.69) is 5.32 Å². The van der Waals surface area contributed by atoms with Crippen molar-refractivity contribution in [1.29, 1.82) is 0 Å². The van der Waals surface area contributed by atoms with Gasteiger partial charge in [-0.25, -0.2) is 4.79 Å². The second kappa shape index (κ2) is 6.38. The summed E-state index contributed by atoms with van der Waals surface area (Å²) in [6, 6.07) is 7.13. The molecule has 1 fully saturated rings. The maximum Gasteiger partial charge on any atom is 0.322 e. The van der Waals surface area contributed by atoms with Gasteiger partial charge < -0.3 is 20.9 Å². The number of nitrogens with zero attached hydrogens (tertiary/aromatic N) is 2. The van der Waals surface area contributed by atoms with Gasteiger partial charge in [0.15, 0.2) is 0 Å². The first-order chi connectivity index (χ1) is 9.60. The lowest BCUT2D eigenvalue weighted by Crippen LogP contribution is -2.40. The molecular weight excluding hydrogens is 256 g/mol. The van der Waals surface area contributed by atoms with Gasteiger partial charge in [0.05, 0.1) is 0 Å². The Bertz CT molecular complexity index is 486. The first-order valence-corrected chi connectivity index (χ1v) is 6.69. The summed E-state index contributed by atoms with van der Waals surface area (Å²) in [7, 11) is 1.76. The number of hydrogen-bond acceptors (Lipinski definition) is 3. The Morgan fingerprint density at radius 3 is 2.65 bits per heavy atom. The third-order valence-corrected chi connectivity index (χ3v) is 3.40. The minimum Gasteiger partial charge on any atom is -0.344 e. The summed E-state index contributed by atoms with van der Waals surface area (Å²) in [6.45, 7) is 1.88. The van der Waals surface area contributed by atoms with Crippen LogP contribution in [0.1, 0.15) is 12.0 Å². The number of nitrogens with two attached hydrogens (primary N) is 1. The lowest BCUT2D eigenvalue weighted by molar-refractivity contribution is -0.129. The van der Waals surface area contributed by atoms with Crippen molar-refractivity contribution < 1.29 is 9.59 Å². The minimum atomic E-state index is -0.242. The van der Waals surface area contributed by atoms with Crippen LogP contribution in [0.15, 0.2) is 24.3 Å². The van der Waals surface area contributed by atoms with Gasteiger partial charge in [-0.15, -0.1) is 0 Å². The zero-order valence-electron chi connectivity index (χ0n) is 11.6. The number of likely N-dealkylation sites (N-methyl/N-ethyl adjacent to an activating group) is 1. The van der Waals surface area contributed by atoms with Gasteiger partial charge in [-0.2, -0.15) is 0 Å². The van der Waals surface area contributed by atoms with Gasteiger partial charge in [0.1, 0.15) is 6.54 Å². The monoisotopic (exact) mass is 276 g/mol. The summed E-state index contributed by atoms with van der Waals surface area (Å²) in [4.78, 5) is 27.1. The molecule has 0 aromatic heterocycles. The van der Waals surface area contributed by atoms with Gasteiger partial charge in [0, 0.05) is 32.4 Å². The van der Waals surface area contributed by atoms with Gasteiger partial charge in [-0.05, 0) is 24.1 Å². The van der Waals surface area contributed by atoms with Crippen LogP contribution < -0.4 is 11.1 Å². The van der Waals surface area contributed by atoms with E-state index in [0.29, 0.717) is 25.3 Å². The van der Waals surface area contributed by atoms with Crippen LogP contribution >= 0.6 is 0 Å². The molecule has 1 heterocycles. The number of urea groups is 1. The summed E-state index contributed by atoms with van der Waals surface area (Å²) < 4.78 is 0. The van der Waals surface area contributed by atoms with E-state index in [9.17, 15) is 9.59 Å². The van der Waals surface area contributed by atoms with Gasteiger partial charge in [-0.1, -0.05) is 12.1 Å². The van der Waals surface area contributed by atoms with E-state index in [-0.39, 0.29) is 18.5 Å². The molecule has 1 aliphatic rings. The molecule has 0 aliphatic carbocycles. The van der Waals surface area contributed by atoms with E-state index in [4.69, 9.17) is 5.73 Å². The smallest absolute Gasteiger partial charge is 0.322 e. The molecule has 0 unspecified atom stereocenters. The topological polar surface area (TPSA) is 78.7 Å². The Hall–Kier alpha value is -2.08. The summed E-state index contributed by atoms with van der Waals surface area (Å²) in [5, 5.41) is 2.80. The van der Waals surface area contributed by atoms with E-state index < -0.39 is 0 Å². The molecule has 1 aromatic rings. The lowest BCUT2D eigenvalue weighted by Gasteiger charge is -2.20. The van der Waals surface area contributed by atoms with E-state index in [0.717, 1.165) is 12.0 Å². The summed E-state index contributed by atoms with van der Waals surface area (Å²) in [5.41, 5.74) is 7.24. The Morgan fingerprint density at radius 1 is 1.30 bits per heavy atom. The number of nitrogens with one attached hydrogen (secondary N) is 1. The normalized spacial score (nSPS) is 16.0. The Morgan fingerprint density at radius 2 is 2.00 bits per heavy atom. The van der Waals surface area contributed by atoms with Crippen molar-refractivity contribution in [3.05, 3.63) is 29.8 Å². The van der Waals surface area contributed by atoms with Crippen LogP contribution in [-0.4, -0.2) is 48.4 Å². The Kier molecular flexibility index (Phi) is 4.57. The molecule has 0 spiro atoms. The van der Waals surface area contributed by atoms with E-state index in [1.807, 2.05) is 24.3 Å². The number of benzene rings is 1. The quantitative estimate of drug-likeness (QED) is 0.840. The van der Waals surface area contributed by atoms with Crippen molar-refractivity contribution in [3.63, 3.8) is 0 Å². The van der Waals surface area contributed by atoms with Gasteiger partial charge in [0.25, 0.3) is 0 Å². The van der Waals surface area contributed by atoms with E-state index in [1.165, 1.54) is 0 Å². The van der Waals surface area contributed by atoms with E-state index >= 15 is 0 Å². The highest BCUT2D eigenvalue weighted by molar-refractivity contribution is 5.92. The molecule has 20 heavy (non-hydrogen) atoms. The average molecular weight is 276 g/mol. The number of hydrogen-bond donors (Lipinski definition) is 2. The number of carbonyl (C=O) groups excluding carboxylic acids is 2. The fourth-order valence-corrected chi connectivity index (χ4v) is 2.09. The molecule has 6 nitrogen and oxygen atoms in total. The predicted octanol–water partition coefficient (Wildman–Crippen LogP) is 0.841. The molecule has 0 saturated carbocycles. The summed E-state index contributed by atoms with van der Waals surface area (Å²) in [5.74, 6) is -0.0314. The second-order valence-corrected chi connectivity index (χ2v) is 4.92. The van der Waals surface area contributed by atoms with Gasteiger partial charge >= 0.3 is 6.03 Å². The lowest BCUT2D eigenvalue weighted by atomic mass is 10.2. The van der Waals surface area contributed by atoms with Crippen LogP contribution in [0.5, 0.6) is 0 Å². The largest absolute Gasteiger partial charge is 0.344 e. The molecular formula is C14H20N4O2. The molecule has 6 heteroatoms. The first-order valence-electron chi connectivity index (χ1n) is 6.69. The first kappa shape index (κ1) is 14.3. The molecule has 3 amide bonds. The maximum absolute atomic E-state index is 12.1. The Labute approximate surface area is 118 Å². The van der Waals surface area contributed by atoms with Crippen LogP contribution in [0.25, 0.3) is 0 Å². The van der Waals surface area contributed by atoms with Crippen molar-refractivity contribution in [2.45, 2.75) is 13.0 Å². The number of rotatable bonds is 2. The SMILES string of the molecule is CN1CCCN(C(=O)Nc2ccc(CN)cc2)CC1=O. The summed E-state index contributed by atoms with van der Waals surface area (Å²) in [6.07, 6.45) is 0.793. The summed E-state index contributed by atoms with van der Waals surface area (Å²) >= 11 is 0. The average Bonchev–Trinajstić information content (AvgIpc) is 2.62. The van der Waals surface area contributed by atoms with Crippen LogP contribution in [0.4, 0.5) is 10.5 Å². The fourth-order valence-electron chi connectivity index (χ4n) is 2.09. The van der Waals surface area contributed by atoms with Crippen molar-refractivity contribution in [1.82, 2.24) is 9.80 Å². The fraction of sp³-hybridized carbons (Fsp3) is 0.429. The second-order valence-electron chi connectivity index (χ2n) is 4.92. The highest BCUT2D eigenvalue weighted by Gasteiger charge is 2.22. The molecule has 3 N–H and O–H groups in total.